The predicted molar refractivity (Wildman–Crippen MR) is 59.4 cm³/mol. The summed E-state index contributed by atoms with van der Waals surface area (Å²) in [5.74, 6) is 0. The fraction of sp³-hybridized carbons (Fsp3) is 0.455. The summed E-state index contributed by atoms with van der Waals surface area (Å²) < 4.78 is 37.8. The minimum Gasteiger partial charge on any atom is -0.398 e. The van der Waals surface area contributed by atoms with Crippen molar-refractivity contribution in [1.29, 1.82) is 0 Å². The zero-order chi connectivity index (χ0) is 12.5. The quantitative estimate of drug-likeness (QED) is 0.794. The second-order valence-corrected chi connectivity index (χ2v) is 3.97. The molecule has 0 amide bonds. The summed E-state index contributed by atoms with van der Waals surface area (Å²) in [5, 5.41) is 0. The highest BCUT2D eigenvalue weighted by atomic mass is 19.4. The molecule has 0 spiro atoms. The van der Waals surface area contributed by atoms with Crippen molar-refractivity contribution >= 4 is 11.4 Å². The van der Waals surface area contributed by atoms with Gasteiger partial charge >= 0.3 is 6.18 Å². The average Bonchev–Trinajstić information content (AvgIpc) is 2.15. The molecule has 2 nitrogen and oxygen atoms in total. The fourth-order valence-corrected chi connectivity index (χ4v) is 1.31. The van der Waals surface area contributed by atoms with Crippen LogP contribution in [0.5, 0.6) is 0 Å². The van der Waals surface area contributed by atoms with Crippen molar-refractivity contribution in [1.82, 2.24) is 0 Å². The van der Waals surface area contributed by atoms with Gasteiger partial charge in [-0.1, -0.05) is 0 Å². The fourth-order valence-electron chi connectivity index (χ4n) is 1.31. The van der Waals surface area contributed by atoms with Crippen LogP contribution in [0.4, 0.5) is 24.5 Å². The average molecular weight is 232 g/mol. The van der Waals surface area contributed by atoms with Gasteiger partial charge in [0.1, 0.15) is 0 Å². The van der Waals surface area contributed by atoms with Gasteiger partial charge in [-0.25, -0.2) is 0 Å². The van der Waals surface area contributed by atoms with Crippen LogP contribution in [0.3, 0.4) is 0 Å². The van der Waals surface area contributed by atoms with Gasteiger partial charge in [-0.3, -0.25) is 0 Å². The van der Waals surface area contributed by atoms with E-state index in [1.807, 2.05) is 13.8 Å². The van der Waals surface area contributed by atoms with Crippen LogP contribution in [0.25, 0.3) is 0 Å². The Morgan fingerprint density at radius 3 is 2.25 bits per heavy atom. The summed E-state index contributed by atoms with van der Waals surface area (Å²) in [7, 11) is 1.75. The first-order valence-electron chi connectivity index (χ1n) is 4.93. The van der Waals surface area contributed by atoms with Crippen molar-refractivity contribution < 1.29 is 13.2 Å². The Labute approximate surface area is 92.9 Å². The summed E-state index contributed by atoms with van der Waals surface area (Å²) in [5.41, 5.74) is 4.80. The Bertz CT molecular complexity index is 372. The first-order chi connectivity index (χ1) is 7.23. The first kappa shape index (κ1) is 12.7. The topological polar surface area (TPSA) is 29.3 Å². The van der Waals surface area contributed by atoms with E-state index in [9.17, 15) is 13.2 Å². The number of hydrogen-bond acceptors (Lipinski definition) is 2. The number of nitrogen functional groups attached to an aromatic ring is 1. The number of anilines is 2. The van der Waals surface area contributed by atoms with Crippen molar-refractivity contribution in [3.05, 3.63) is 23.8 Å². The van der Waals surface area contributed by atoms with Crippen LogP contribution in [0.2, 0.25) is 0 Å². The van der Waals surface area contributed by atoms with E-state index >= 15 is 0 Å². The van der Waals surface area contributed by atoms with E-state index in [0.29, 0.717) is 5.69 Å². The van der Waals surface area contributed by atoms with Gasteiger partial charge in [-0.15, -0.1) is 0 Å². The number of alkyl halides is 3. The minimum atomic E-state index is -4.40. The summed E-state index contributed by atoms with van der Waals surface area (Å²) in [6.07, 6.45) is -4.40. The van der Waals surface area contributed by atoms with E-state index in [0.717, 1.165) is 6.07 Å². The molecule has 5 heteroatoms. The molecule has 1 aromatic carbocycles. The molecule has 90 valence electrons. The van der Waals surface area contributed by atoms with Gasteiger partial charge in [-0.2, -0.15) is 13.2 Å². The normalized spacial score (nSPS) is 11.9. The van der Waals surface area contributed by atoms with Crippen molar-refractivity contribution in [2.75, 3.05) is 17.7 Å². The Morgan fingerprint density at radius 2 is 1.81 bits per heavy atom. The molecule has 0 radical (unpaired) electrons. The second kappa shape index (κ2) is 4.23. The highest BCUT2D eigenvalue weighted by molar-refractivity contribution is 5.59. The van der Waals surface area contributed by atoms with Gasteiger partial charge in [0.25, 0.3) is 0 Å². The van der Waals surface area contributed by atoms with Gasteiger partial charge < -0.3 is 10.6 Å². The van der Waals surface area contributed by atoms with Gasteiger partial charge in [-0.05, 0) is 32.0 Å². The Kier molecular flexibility index (Phi) is 3.35. The Balaban J connectivity index is 3.18. The van der Waals surface area contributed by atoms with Crippen LogP contribution in [-0.2, 0) is 6.18 Å². The highest BCUT2D eigenvalue weighted by Crippen LogP contribution is 2.35. The lowest BCUT2D eigenvalue weighted by Crippen LogP contribution is -2.26. The molecule has 2 N–H and O–H groups in total. The van der Waals surface area contributed by atoms with E-state index < -0.39 is 11.7 Å². The maximum absolute atomic E-state index is 12.6. The van der Waals surface area contributed by atoms with E-state index in [-0.39, 0.29) is 11.7 Å². The first-order valence-corrected chi connectivity index (χ1v) is 4.93. The number of hydrogen-bond donors (Lipinski definition) is 1. The number of rotatable bonds is 2. The summed E-state index contributed by atoms with van der Waals surface area (Å²) in [6, 6.07) is 4.08. The van der Waals surface area contributed by atoms with Crippen LogP contribution >= 0.6 is 0 Å². The minimum absolute atomic E-state index is 0.129. The molecule has 0 saturated carbocycles. The van der Waals surface area contributed by atoms with Crippen LogP contribution in [0, 0.1) is 0 Å². The molecule has 0 unspecified atom stereocenters. The van der Waals surface area contributed by atoms with Crippen molar-refractivity contribution in [3.63, 3.8) is 0 Å². The van der Waals surface area contributed by atoms with Crippen LogP contribution in [0.1, 0.15) is 19.4 Å². The molecule has 0 saturated heterocycles. The Hall–Kier alpha value is -1.39. The third-order valence-electron chi connectivity index (χ3n) is 2.52. The molecule has 0 heterocycles. The van der Waals surface area contributed by atoms with Crippen LogP contribution in [-0.4, -0.2) is 13.1 Å². The zero-order valence-electron chi connectivity index (χ0n) is 9.47. The maximum Gasteiger partial charge on any atom is 0.418 e. The van der Waals surface area contributed by atoms with Gasteiger partial charge in [0.15, 0.2) is 0 Å². The molecule has 1 rings (SSSR count). The molecule has 16 heavy (non-hydrogen) atoms. The van der Waals surface area contributed by atoms with E-state index in [1.54, 1.807) is 18.0 Å². The molecule has 0 atom stereocenters. The SMILES string of the molecule is CC(C)N(C)c1ccc(N)c(C(F)(F)F)c1. The van der Waals surface area contributed by atoms with E-state index in [1.165, 1.54) is 6.07 Å². The molecule has 0 aromatic heterocycles. The molecule has 0 aliphatic rings. The lowest BCUT2D eigenvalue weighted by Gasteiger charge is -2.25. The van der Waals surface area contributed by atoms with E-state index in [4.69, 9.17) is 5.73 Å². The largest absolute Gasteiger partial charge is 0.418 e. The molecule has 1 aromatic rings. The summed E-state index contributed by atoms with van der Waals surface area (Å²) in [4.78, 5) is 1.76. The van der Waals surface area contributed by atoms with Crippen molar-refractivity contribution in [3.8, 4) is 0 Å². The molecule has 0 fully saturated rings. The van der Waals surface area contributed by atoms with Crippen LogP contribution in [0.15, 0.2) is 18.2 Å². The number of nitrogens with two attached hydrogens (primary N) is 1. The van der Waals surface area contributed by atoms with Gasteiger partial charge in [0.2, 0.25) is 0 Å². The third-order valence-corrected chi connectivity index (χ3v) is 2.52. The highest BCUT2D eigenvalue weighted by Gasteiger charge is 2.33. The monoisotopic (exact) mass is 232 g/mol. The zero-order valence-corrected chi connectivity index (χ0v) is 9.47. The lowest BCUT2D eigenvalue weighted by molar-refractivity contribution is -0.136. The Morgan fingerprint density at radius 1 is 1.25 bits per heavy atom. The number of halogens is 3. The molecular weight excluding hydrogens is 217 g/mol. The smallest absolute Gasteiger partial charge is 0.398 e. The summed E-state index contributed by atoms with van der Waals surface area (Å²) in [6.45, 7) is 3.81. The van der Waals surface area contributed by atoms with Crippen molar-refractivity contribution in [2.24, 2.45) is 0 Å². The van der Waals surface area contributed by atoms with Crippen molar-refractivity contribution in [2.45, 2.75) is 26.1 Å². The second-order valence-electron chi connectivity index (χ2n) is 3.97. The van der Waals surface area contributed by atoms with Crippen LogP contribution < -0.4 is 10.6 Å². The molecule has 0 aliphatic carbocycles. The standard InChI is InChI=1S/C11H15F3N2/c1-7(2)16(3)8-4-5-10(15)9(6-8)11(12,13)14/h4-7H,15H2,1-3H3. The number of nitrogens with zero attached hydrogens (tertiary/aromatic N) is 1. The van der Waals surface area contributed by atoms with Gasteiger partial charge in [0.05, 0.1) is 5.56 Å². The third kappa shape index (κ3) is 2.59. The molecule has 0 bridgehead atoms. The predicted octanol–water partition coefficient (Wildman–Crippen LogP) is 3.13. The van der Waals surface area contributed by atoms with Gasteiger partial charge in [0, 0.05) is 24.5 Å². The molecule has 0 aliphatic heterocycles. The number of benzene rings is 1. The maximum atomic E-state index is 12.6. The molecular formula is C11H15F3N2. The van der Waals surface area contributed by atoms with E-state index in [2.05, 4.69) is 0 Å². The lowest BCUT2D eigenvalue weighted by atomic mass is 10.1. The summed E-state index contributed by atoms with van der Waals surface area (Å²) >= 11 is 0.